The Morgan fingerprint density at radius 3 is 2.36 bits per heavy atom. The van der Waals surface area contributed by atoms with Crippen molar-refractivity contribution in [1.82, 2.24) is 5.32 Å². The third-order valence-corrected chi connectivity index (χ3v) is 6.87. The van der Waals surface area contributed by atoms with Crippen molar-refractivity contribution in [3.8, 4) is 5.75 Å². The lowest BCUT2D eigenvalue weighted by Gasteiger charge is -2.28. The lowest BCUT2D eigenvalue weighted by atomic mass is 10.0. The van der Waals surface area contributed by atoms with E-state index in [-0.39, 0.29) is 17.7 Å². The zero-order valence-corrected chi connectivity index (χ0v) is 17.0. The largest absolute Gasteiger partial charge is 0.497 e. The summed E-state index contributed by atoms with van der Waals surface area (Å²) in [6, 6.07) is 14.3. The summed E-state index contributed by atoms with van der Waals surface area (Å²) in [5.74, 6) is 0.763. The topological polar surface area (TPSA) is 75.7 Å². The van der Waals surface area contributed by atoms with Gasteiger partial charge in [0.25, 0.3) is 5.91 Å². The maximum absolute atomic E-state index is 12.7. The molecule has 1 fully saturated rings. The third-order valence-electron chi connectivity index (χ3n) is 5.00. The van der Waals surface area contributed by atoms with Crippen LogP contribution in [0.25, 0.3) is 0 Å². The van der Waals surface area contributed by atoms with Gasteiger partial charge in [-0.05, 0) is 61.2 Å². The van der Waals surface area contributed by atoms with Crippen LogP contribution in [0.4, 0.5) is 5.69 Å². The highest BCUT2D eigenvalue weighted by Gasteiger charge is 2.26. The van der Waals surface area contributed by atoms with Gasteiger partial charge in [0.15, 0.2) is 0 Å². The lowest BCUT2D eigenvalue weighted by Crippen LogP contribution is -2.37. The number of hydrogen-bond acceptors (Lipinski definition) is 4. The van der Waals surface area contributed by atoms with Crippen molar-refractivity contribution >= 4 is 21.6 Å². The first-order chi connectivity index (χ1) is 13.4. The first-order valence-electron chi connectivity index (χ1n) is 9.50. The summed E-state index contributed by atoms with van der Waals surface area (Å²) in [4.78, 5) is 12.7. The summed E-state index contributed by atoms with van der Waals surface area (Å²) in [5, 5.41) is 3.04. The molecule has 1 aliphatic heterocycles. The van der Waals surface area contributed by atoms with E-state index in [2.05, 4.69) is 5.32 Å². The average Bonchev–Trinajstić information content (AvgIpc) is 2.72. The van der Waals surface area contributed by atoms with Gasteiger partial charge < -0.3 is 10.1 Å². The zero-order valence-electron chi connectivity index (χ0n) is 16.2. The Morgan fingerprint density at radius 1 is 1.11 bits per heavy atom. The zero-order chi connectivity index (χ0) is 20.1. The molecule has 0 radical (unpaired) electrons. The van der Waals surface area contributed by atoms with Gasteiger partial charge in [0.1, 0.15) is 5.75 Å². The maximum atomic E-state index is 12.7. The number of amides is 1. The number of benzene rings is 2. The minimum atomic E-state index is -3.25. The normalized spacial score (nSPS) is 17.0. The smallest absolute Gasteiger partial charge is 0.251 e. The van der Waals surface area contributed by atoms with Crippen LogP contribution in [0.5, 0.6) is 5.75 Å². The second-order valence-corrected chi connectivity index (χ2v) is 8.86. The molecule has 1 atom stereocenters. The fourth-order valence-corrected chi connectivity index (χ4v) is 5.00. The molecule has 1 aliphatic rings. The van der Waals surface area contributed by atoms with Crippen LogP contribution in [0.1, 0.15) is 48.1 Å². The summed E-state index contributed by atoms with van der Waals surface area (Å²) in [7, 11) is -1.63. The Kier molecular flexibility index (Phi) is 6.24. The highest BCUT2D eigenvalue weighted by atomic mass is 32.2. The van der Waals surface area contributed by atoms with E-state index in [1.165, 1.54) is 4.31 Å². The summed E-state index contributed by atoms with van der Waals surface area (Å²) < 4.78 is 31.1. The van der Waals surface area contributed by atoms with Crippen LogP contribution in [-0.4, -0.2) is 33.7 Å². The molecule has 1 saturated heterocycles. The molecule has 7 heteroatoms. The number of anilines is 1. The molecule has 2 aromatic rings. The Balaban J connectivity index is 1.71. The predicted octanol–water partition coefficient (Wildman–Crippen LogP) is 3.51. The number of ether oxygens (including phenoxy) is 1. The van der Waals surface area contributed by atoms with Crippen molar-refractivity contribution in [2.75, 3.05) is 23.7 Å². The number of carbonyl (C=O) groups excluding carboxylic acids is 1. The van der Waals surface area contributed by atoms with Crippen LogP contribution in [0.2, 0.25) is 0 Å². The number of rotatable bonds is 6. The van der Waals surface area contributed by atoms with Crippen molar-refractivity contribution in [2.45, 2.75) is 32.2 Å². The van der Waals surface area contributed by atoms with Gasteiger partial charge in [-0.15, -0.1) is 0 Å². The molecule has 6 nitrogen and oxygen atoms in total. The highest BCUT2D eigenvalue weighted by Crippen LogP contribution is 2.24. The molecule has 0 spiro atoms. The van der Waals surface area contributed by atoms with E-state index >= 15 is 0 Å². The molecule has 0 unspecified atom stereocenters. The second kappa shape index (κ2) is 8.65. The molecule has 2 aromatic carbocycles. The first kappa shape index (κ1) is 20.2. The molecule has 3 rings (SSSR count). The van der Waals surface area contributed by atoms with E-state index in [0.717, 1.165) is 24.2 Å². The molecule has 150 valence electrons. The molecule has 0 bridgehead atoms. The Bertz CT molecular complexity index is 908. The number of nitrogens with zero attached hydrogens (tertiary/aromatic N) is 1. The monoisotopic (exact) mass is 402 g/mol. The van der Waals surface area contributed by atoms with Crippen LogP contribution >= 0.6 is 0 Å². The van der Waals surface area contributed by atoms with E-state index in [0.29, 0.717) is 24.2 Å². The van der Waals surface area contributed by atoms with Crippen molar-refractivity contribution in [1.29, 1.82) is 0 Å². The van der Waals surface area contributed by atoms with E-state index in [9.17, 15) is 13.2 Å². The Morgan fingerprint density at radius 2 is 1.79 bits per heavy atom. The fourth-order valence-electron chi connectivity index (χ4n) is 3.36. The first-order valence-corrected chi connectivity index (χ1v) is 11.1. The third kappa shape index (κ3) is 4.47. The average molecular weight is 403 g/mol. The summed E-state index contributed by atoms with van der Waals surface area (Å²) >= 11 is 0. The van der Waals surface area contributed by atoms with Gasteiger partial charge >= 0.3 is 0 Å². The van der Waals surface area contributed by atoms with Crippen molar-refractivity contribution in [3.63, 3.8) is 0 Å². The minimum Gasteiger partial charge on any atom is -0.497 e. The van der Waals surface area contributed by atoms with Gasteiger partial charge in [0, 0.05) is 12.1 Å². The van der Waals surface area contributed by atoms with E-state index in [4.69, 9.17) is 4.74 Å². The van der Waals surface area contributed by atoms with Gasteiger partial charge in [0.2, 0.25) is 10.0 Å². The van der Waals surface area contributed by atoms with Crippen LogP contribution < -0.4 is 14.4 Å². The van der Waals surface area contributed by atoms with E-state index < -0.39 is 10.0 Å². The molecule has 1 amide bonds. The van der Waals surface area contributed by atoms with Crippen LogP contribution in [0, 0.1) is 0 Å². The van der Waals surface area contributed by atoms with Crippen molar-refractivity contribution in [2.24, 2.45) is 0 Å². The predicted molar refractivity (Wildman–Crippen MR) is 110 cm³/mol. The Hall–Kier alpha value is -2.54. The van der Waals surface area contributed by atoms with Crippen LogP contribution in [0.15, 0.2) is 48.5 Å². The summed E-state index contributed by atoms with van der Waals surface area (Å²) in [6.07, 6.45) is 2.30. The number of hydrogen-bond donors (Lipinski definition) is 1. The van der Waals surface area contributed by atoms with Gasteiger partial charge in [-0.2, -0.15) is 0 Å². The number of sulfonamides is 1. The molecule has 0 saturated carbocycles. The van der Waals surface area contributed by atoms with Gasteiger partial charge in [0.05, 0.1) is 24.6 Å². The summed E-state index contributed by atoms with van der Waals surface area (Å²) in [6.45, 7) is 2.50. The quantitative estimate of drug-likeness (QED) is 0.802. The van der Waals surface area contributed by atoms with Gasteiger partial charge in [-0.3, -0.25) is 9.10 Å². The molecule has 0 aromatic heterocycles. The molecule has 28 heavy (non-hydrogen) atoms. The van der Waals surface area contributed by atoms with Crippen LogP contribution in [-0.2, 0) is 10.0 Å². The fraction of sp³-hybridized carbons (Fsp3) is 0.381. The SMILES string of the molecule is CC[C@@H](NC(=O)c1ccc(N2CCCCS2(=O)=O)cc1)c1ccc(OC)cc1. The maximum Gasteiger partial charge on any atom is 0.251 e. The molecular formula is C21H26N2O4S. The second-order valence-electron chi connectivity index (χ2n) is 6.85. The number of methoxy groups -OCH3 is 1. The molecule has 0 aliphatic carbocycles. The minimum absolute atomic E-state index is 0.111. The van der Waals surface area contributed by atoms with E-state index in [1.807, 2.05) is 31.2 Å². The van der Waals surface area contributed by atoms with Gasteiger partial charge in [-0.1, -0.05) is 19.1 Å². The summed E-state index contributed by atoms with van der Waals surface area (Å²) in [5.41, 5.74) is 2.12. The molecule has 1 heterocycles. The van der Waals surface area contributed by atoms with Crippen molar-refractivity contribution < 1.29 is 17.9 Å². The number of carbonyl (C=O) groups is 1. The number of nitrogens with one attached hydrogen (secondary N) is 1. The van der Waals surface area contributed by atoms with Crippen molar-refractivity contribution in [3.05, 3.63) is 59.7 Å². The standard InChI is InChI=1S/C21H26N2O4S/c1-3-20(16-8-12-19(27-2)13-9-16)22-21(24)17-6-10-18(11-7-17)23-14-4-5-15-28(23,25)26/h6-13,20H,3-5,14-15H2,1-2H3,(H,22,24)/t20-/m1/s1. The molecular weight excluding hydrogens is 376 g/mol. The van der Waals surface area contributed by atoms with Gasteiger partial charge in [-0.25, -0.2) is 8.42 Å². The molecule has 1 N–H and O–H groups in total. The van der Waals surface area contributed by atoms with Crippen LogP contribution in [0.3, 0.4) is 0 Å². The Labute approximate surface area is 166 Å². The van der Waals surface area contributed by atoms with E-state index in [1.54, 1.807) is 31.4 Å². The highest BCUT2D eigenvalue weighted by molar-refractivity contribution is 7.92. The lowest BCUT2D eigenvalue weighted by molar-refractivity contribution is 0.0935.